The van der Waals surface area contributed by atoms with Crippen LogP contribution in [-0.2, 0) is 0 Å². The number of benzene rings is 2. The largest absolute Gasteiger partial charge is 0.508 e. The van der Waals surface area contributed by atoms with Crippen molar-refractivity contribution < 1.29 is 27.8 Å². The van der Waals surface area contributed by atoms with E-state index in [1.807, 2.05) is 0 Å². The van der Waals surface area contributed by atoms with Crippen molar-refractivity contribution in [2.45, 2.75) is 0 Å². The molecule has 0 unspecified atom stereocenters. The molecule has 0 saturated carbocycles. The van der Waals surface area contributed by atoms with Crippen LogP contribution in [0.5, 0.6) is 11.5 Å². The summed E-state index contributed by atoms with van der Waals surface area (Å²) in [7, 11) is 0. The molecule has 0 amide bonds. The average Bonchev–Trinajstić information content (AvgIpc) is 2.36. The van der Waals surface area contributed by atoms with Crippen molar-refractivity contribution in [3.05, 3.63) is 59.4 Å². The van der Waals surface area contributed by atoms with Gasteiger partial charge in [-0.3, -0.25) is 0 Å². The number of halogens is 3. The van der Waals surface area contributed by atoms with Gasteiger partial charge >= 0.3 is 5.97 Å². The van der Waals surface area contributed by atoms with Crippen LogP contribution in [0.15, 0.2) is 36.4 Å². The molecule has 2 aromatic carbocycles. The smallest absolute Gasteiger partial charge is 0.346 e. The molecule has 0 radical (unpaired) electrons. The highest BCUT2D eigenvalue weighted by molar-refractivity contribution is 5.91. The number of ether oxygens (including phenoxy) is 1. The molecule has 0 saturated heterocycles. The molecule has 0 aromatic heterocycles. The Kier molecular flexibility index (Phi) is 3.41. The van der Waals surface area contributed by atoms with E-state index in [9.17, 15) is 18.0 Å². The average molecular weight is 268 g/mol. The van der Waals surface area contributed by atoms with E-state index in [1.54, 1.807) is 0 Å². The van der Waals surface area contributed by atoms with Crippen LogP contribution in [0.4, 0.5) is 13.2 Å². The Morgan fingerprint density at radius 2 is 1.79 bits per heavy atom. The molecule has 6 heteroatoms. The van der Waals surface area contributed by atoms with Crippen LogP contribution < -0.4 is 4.74 Å². The Morgan fingerprint density at radius 3 is 2.47 bits per heavy atom. The molecule has 19 heavy (non-hydrogen) atoms. The number of rotatable bonds is 2. The molecule has 0 aliphatic carbocycles. The van der Waals surface area contributed by atoms with Crippen LogP contribution in [-0.4, -0.2) is 11.1 Å². The third-order valence-electron chi connectivity index (χ3n) is 2.28. The highest BCUT2D eigenvalue weighted by Gasteiger charge is 2.20. The number of phenolic OH excluding ortho intramolecular Hbond substituents is 1. The lowest BCUT2D eigenvalue weighted by Gasteiger charge is -2.06. The second-order valence-electron chi connectivity index (χ2n) is 3.61. The van der Waals surface area contributed by atoms with Gasteiger partial charge in [-0.15, -0.1) is 0 Å². The summed E-state index contributed by atoms with van der Waals surface area (Å²) in [5, 5.41) is 9.16. The number of hydrogen-bond acceptors (Lipinski definition) is 3. The van der Waals surface area contributed by atoms with E-state index in [0.717, 1.165) is 12.1 Å². The van der Waals surface area contributed by atoms with Gasteiger partial charge in [-0.25, -0.2) is 18.0 Å². The van der Waals surface area contributed by atoms with E-state index in [0.29, 0.717) is 6.07 Å². The summed E-state index contributed by atoms with van der Waals surface area (Å²) in [6.45, 7) is 0. The fourth-order valence-corrected chi connectivity index (χ4v) is 1.39. The predicted molar refractivity (Wildman–Crippen MR) is 59.4 cm³/mol. The van der Waals surface area contributed by atoms with Gasteiger partial charge in [0.1, 0.15) is 11.5 Å². The number of carbonyl (C=O) groups is 1. The standard InChI is InChI=1S/C13H7F3O3/c14-10-5-4-9(11(15)12(10)16)13(18)19-8-3-1-2-7(17)6-8/h1-6,17H. The van der Waals surface area contributed by atoms with Crippen molar-refractivity contribution in [2.24, 2.45) is 0 Å². The van der Waals surface area contributed by atoms with Crippen LogP contribution in [0.25, 0.3) is 0 Å². The summed E-state index contributed by atoms with van der Waals surface area (Å²) in [6, 6.07) is 6.61. The second kappa shape index (κ2) is 5.01. The molecule has 0 aliphatic heterocycles. The van der Waals surface area contributed by atoms with Gasteiger partial charge in [0.2, 0.25) is 0 Å². The van der Waals surface area contributed by atoms with Crippen LogP contribution in [0, 0.1) is 17.5 Å². The maximum atomic E-state index is 13.3. The minimum atomic E-state index is -1.75. The van der Waals surface area contributed by atoms with E-state index < -0.39 is 29.0 Å². The molecule has 2 aromatic rings. The Labute approximate surface area is 105 Å². The van der Waals surface area contributed by atoms with Crippen LogP contribution in [0.1, 0.15) is 10.4 Å². The van der Waals surface area contributed by atoms with Crippen LogP contribution >= 0.6 is 0 Å². The molecule has 3 nitrogen and oxygen atoms in total. The molecule has 0 bridgehead atoms. The van der Waals surface area contributed by atoms with Crippen molar-refractivity contribution >= 4 is 5.97 Å². The molecule has 0 heterocycles. The van der Waals surface area contributed by atoms with E-state index in [2.05, 4.69) is 0 Å². The zero-order valence-corrected chi connectivity index (χ0v) is 9.36. The lowest BCUT2D eigenvalue weighted by atomic mass is 10.2. The first kappa shape index (κ1) is 12.9. The van der Waals surface area contributed by atoms with Gasteiger partial charge in [0.15, 0.2) is 17.5 Å². The Morgan fingerprint density at radius 1 is 1.05 bits per heavy atom. The van der Waals surface area contributed by atoms with Gasteiger partial charge in [-0.05, 0) is 24.3 Å². The number of phenols is 1. The zero-order valence-electron chi connectivity index (χ0n) is 9.36. The van der Waals surface area contributed by atoms with Crippen LogP contribution in [0.3, 0.4) is 0 Å². The monoisotopic (exact) mass is 268 g/mol. The summed E-state index contributed by atoms with van der Waals surface area (Å²) in [4.78, 5) is 11.6. The Bertz CT molecular complexity index is 641. The minimum absolute atomic E-state index is 0.0471. The fraction of sp³-hybridized carbons (Fsp3) is 0. The topological polar surface area (TPSA) is 46.5 Å². The van der Waals surface area contributed by atoms with E-state index in [1.165, 1.54) is 18.2 Å². The van der Waals surface area contributed by atoms with E-state index in [4.69, 9.17) is 9.84 Å². The summed E-state index contributed by atoms with van der Waals surface area (Å²) < 4.78 is 43.7. The molecule has 0 aliphatic rings. The lowest BCUT2D eigenvalue weighted by Crippen LogP contribution is -2.12. The number of carbonyl (C=O) groups excluding carboxylic acids is 1. The number of aromatic hydroxyl groups is 1. The normalized spacial score (nSPS) is 10.3. The molecule has 0 fully saturated rings. The SMILES string of the molecule is O=C(Oc1cccc(O)c1)c1ccc(F)c(F)c1F. The quantitative estimate of drug-likeness (QED) is 0.517. The zero-order chi connectivity index (χ0) is 14.0. The van der Waals surface area contributed by atoms with Gasteiger partial charge in [-0.2, -0.15) is 0 Å². The lowest BCUT2D eigenvalue weighted by molar-refractivity contribution is 0.0728. The molecule has 0 spiro atoms. The van der Waals surface area contributed by atoms with Crippen LogP contribution in [0.2, 0.25) is 0 Å². The Hall–Kier alpha value is -2.50. The van der Waals surface area contributed by atoms with Gasteiger partial charge in [0.05, 0.1) is 5.56 Å². The highest BCUT2D eigenvalue weighted by atomic mass is 19.2. The van der Waals surface area contributed by atoms with Gasteiger partial charge in [-0.1, -0.05) is 6.07 Å². The second-order valence-corrected chi connectivity index (χ2v) is 3.61. The maximum Gasteiger partial charge on any atom is 0.346 e. The van der Waals surface area contributed by atoms with Crippen molar-refractivity contribution in [2.75, 3.05) is 0 Å². The van der Waals surface area contributed by atoms with Gasteiger partial charge < -0.3 is 9.84 Å². The maximum absolute atomic E-state index is 13.3. The number of esters is 1. The first-order chi connectivity index (χ1) is 8.99. The first-order valence-electron chi connectivity index (χ1n) is 5.13. The van der Waals surface area contributed by atoms with Gasteiger partial charge in [0.25, 0.3) is 0 Å². The molecular formula is C13H7F3O3. The molecule has 98 valence electrons. The van der Waals surface area contributed by atoms with Crippen molar-refractivity contribution in [3.8, 4) is 11.5 Å². The van der Waals surface area contributed by atoms with Crippen molar-refractivity contribution in [1.29, 1.82) is 0 Å². The summed E-state index contributed by atoms with van der Waals surface area (Å²) in [5.74, 6) is -6.16. The van der Waals surface area contributed by atoms with E-state index >= 15 is 0 Å². The molecule has 2 rings (SSSR count). The van der Waals surface area contributed by atoms with E-state index in [-0.39, 0.29) is 11.5 Å². The summed E-state index contributed by atoms with van der Waals surface area (Å²) in [6.07, 6.45) is 0. The van der Waals surface area contributed by atoms with Crippen molar-refractivity contribution in [3.63, 3.8) is 0 Å². The third-order valence-corrected chi connectivity index (χ3v) is 2.28. The molecular weight excluding hydrogens is 261 g/mol. The summed E-state index contributed by atoms with van der Waals surface area (Å²) >= 11 is 0. The Balaban J connectivity index is 2.28. The molecule has 0 atom stereocenters. The third kappa shape index (κ3) is 2.67. The molecule has 1 N–H and O–H groups in total. The summed E-state index contributed by atoms with van der Waals surface area (Å²) in [5.41, 5.74) is -0.734. The minimum Gasteiger partial charge on any atom is -0.508 e. The fourth-order valence-electron chi connectivity index (χ4n) is 1.39. The number of hydrogen-bond donors (Lipinski definition) is 1. The first-order valence-corrected chi connectivity index (χ1v) is 5.13. The predicted octanol–water partition coefficient (Wildman–Crippen LogP) is 3.03. The van der Waals surface area contributed by atoms with Crippen molar-refractivity contribution in [1.82, 2.24) is 0 Å². The highest BCUT2D eigenvalue weighted by Crippen LogP contribution is 2.21. The van der Waals surface area contributed by atoms with Gasteiger partial charge in [0, 0.05) is 6.07 Å².